The van der Waals surface area contributed by atoms with Crippen LogP contribution in [0.4, 0.5) is 10.3 Å². The number of carbonyl (C=O) groups is 2. The number of nitrogens with zero attached hydrogens (tertiary/aromatic N) is 3. The third kappa shape index (κ3) is 4.90. The van der Waals surface area contributed by atoms with E-state index in [4.69, 9.17) is 0 Å². The zero-order chi connectivity index (χ0) is 23.3. The third-order valence-electron chi connectivity index (χ3n) is 4.85. The van der Waals surface area contributed by atoms with Crippen LogP contribution in [-0.4, -0.2) is 26.8 Å². The van der Waals surface area contributed by atoms with Crippen molar-refractivity contribution in [1.29, 1.82) is 0 Å². The number of aromatic nitrogens is 3. The van der Waals surface area contributed by atoms with E-state index in [1.807, 2.05) is 71.4 Å². The van der Waals surface area contributed by atoms with E-state index >= 15 is 0 Å². The average molecular weight is 484 g/mol. The van der Waals surface area contributed by atoms with Crippen LogP contribution in [0, 0.1) is 0 Å². The number of hydrogen-bond acceptors (Lipinski definition) is 7. The zero-order valence-corrected chi connectivity index (χ0v) is 19.3. The highest BCUT2D eigenvalue weighted by molar-refractivity contribution is 7.14. The maximum Gasteiger partial charge on any atom is 0.276 e. The number of nitrogens with one attached hydrogen (secondary N) is 2. The third-order valence-corrected chi connectivity index (χ3v) is 6.36. The summed E-state index contributed by atoms with van der Waals surface area (Å²) in [4.78, 5) is 38.2. The van der Waals surface area contributed by atoms with Gasteiger partial charge in [0.2, 0.25) is 0 Å². The Balaban J connectivity index is 1.21. The molecule has 2 amide bonds. The molecule has 34 heavy (non-hydrogen) atoms. The molecule has 0 radical (unpaired) electrons. The second kappa shape index (κ2) is 9.74. The van der Waals surface area contributed by atoms with Crippen molar-refractivity contribution >= 4 is 44.8 Å². The van der Waals surface area contributed by atoms with Crippen molar-refractivity contribution in [3.63, 3.8) is 0 Å². The maximum absolute atomic E-state index is 12.6. The Labute approximate surface area is 203 Å². The van der Waals surface area contributed by atoms with Gasteiger partial charge in [-0.05, 0) is 12.1 Å². The van der Waals surface area contributed by atoms with Crippen LogP contribution in [0.2, 0.25) is 0 Å². The van der Waals surface area contributed by atoms with E-state index in [2.05, 4.69) is 25.6 Å². The highest BCUT2D eigenvalue weighted by Gasteiger charge is 2.14. The Morgan fingerprint density at radius 2 is 1.18 bits per heavy atom. The van der Waals surface area contributed by atoms with Crippen LogP contribution in [0.5, 0.6) is 0 Å². The Kier molecular flexibility index (Phi) is 6.19. The van der Waals surface area contributed by atoms with Crippen LogP contribution in [0.25, 0.3) is 22.5 Å². The van der Waals surface area contributed by atoms with Gasteiger partial charge in [-0.1, -0.05) is 60.7 Å². The van der Waals surface area contributed by atoms with Crippen molar-refractivity contribution in [2.45, 2.75) is 0 Å². The van der Waals surface area contributed by atoms with Gasteiger partial charge in [0, 0.05) is 28.1 Å². The first-order valence-corrected chi connectivity index (χ1v) is 12.0. The lowest BCUT2D eigenvalue weighted by Gasteiger charge is -2.04. The summed E-state index contributed by atoms with van der Waals surface area (Å²) in [6.07, 6.45) is 1.37. The predicted octanol–water partition coefficient (Wildman–Crippen LogP) is 5.83. The number of benzene rings is 2. The number of rotatable bonds is 6. The molecule has 0 spiro atoms. The van der Waals surface area contributed by atoms with Gasteiger partial charge >= 0.3 is 0 Å². The summed E-state index contributed by atoms with van der Waals surface area (Å²) in [7, 11) is 0. The van der Waals surface area contributed by atoms with E-state index in [9.17, 15) is 9.59 Å². The second-order valence-electron chi connectivity index (χ2n) is 7.15. The second-order valence-corrected chi connectivity index (χ2v) is 8.86. The van der Waals surface area contributed by atoms with Crippen LogP contribution in [0.3, 0.4) is 0 Å². The molecule has 0 saturated heterocycles. The first kappa shape index (κ1) is 21.6. The molecule has 9 heteroatoms. The van der Waals surface area contributed by atoms with Gasteiger partial charge in [0.05, 0.1) is 17.0 Å². The average Bonchev–Trinajstić information content (AvgIpc) is 3.55. The number of thiazole rings is 2. The minimum Gasteiger partial charge on any atom is -0.298 e. The molecular weight excluding hydrogens is 466 g/mol. The summed E-state index contributed by atoms with van der Waals surface area (Å²) in [5.74, 6) is -0.741. The smallest absolute Gasteiger partial charge is 0.276 e. The molecule has 0 aliphatic rings. The molecule has 5 aromatic rings. The van der Waals surface area contributed by atoms with E-state index < -0.39 is 5.91 Å². The molecule has 0 bridgehead atoms. The summed E-state index contributed by atoms with van der Waals surface area (Å²) in [5, 5.41) is 10.3. The van der Waals surface area contributed by atoms with Crippen molar-refractivity contribution in [1.82, 2.24) is 15.0 Å². The van der Waals surface area contributed by atoms with Gasteiger partial charge in [0.1, 0.15) is 5.69 Å². The highest BCUT2D eigenvalue weighted by atomic mass is 32.1. The molecule has 2 aromatic carbocycles. The van der Waals surface area contributed by atoms with Gasteiger partial charge in [-0.15, -0.1) is 22.7 Å². The van der Waals surface area contributed by atoms with Crippen molar-refractivity contribution in [2.24, 2.45) is 0 Å². The molecule has 0 unspecified atom stereocenters. The lowest BCUT2D eigenvalue weighted by atomic mass is 10.2. The van der Waals surface area contributed by atoms with Crippen LogP contribution in [-0.2, 0) is 0 Å². The van der Waals surface area contributed by atoms with Gasteiger partial charge in [0.25, 0.3) is 11.8 Å². The summed E-state index contributed by atoms with van der Waals surface area (Å²) in [6, 6.07) is 22.5. The normalized spacial score (nSPS) is 10.6. The molecule has 0 fully saturated rings. The highest BCUT2D eigenvalue weighted by Crippen LogP contribution is 2.26. The van der Waals surface area contributed by atoms with Crippen molar-refractivity contribution in [2.75, 3.05) is 10.6 Å². The molecule has 0 aliphatic heterocycles. The van der Waals surface area contributed by atoms with E-state index in [0.29, 0.717) is 15.8 Å². The molecule has 3 heterocycles. The first-order chi connectivity index (χ1) is 16.7. The van der Waals surface area contributed by atoms with Gasteiger partial charge in [-0.3, -0.25) is 25.2 Å². The fourth-order valence-electron chi connectivity index (χ4n) is 3.14. The number of carbonyl (C=O) groups excluding carboxylic acids is 2. The molecule has 166 valence electrons. The molecule has 0 atom stereocenters. The van der Waals surface area contributed by atoms with Crippen molar-refractivity contribution in [3.8, 4) is 22.5 Å². The topological polar surface area (TPSA) is 96.9 Å². The maximum atomic E-state index is 12.6. The molecular formula is C25H17N5O2S2. The number of anilines is 2. The lowest BCUT2D eigenvalue weighted by Crippen LogP contribution is -2.16. The Hall–Kier alpha value is -4.21. The summed E-state index contributed by atoms with van der Waals surface area (Å²) in [6.45, 7) is 0. The SMILES string of the molecule is O=C(Nc1nc(-c2ccccc2)cs1)c1ccc(C(=O)Nc2nc(-c3ccccc3)cs2)nc1. The van der Waals surface area contributed by atoms with Crippen LogP contribution >= 0.6 is 22.7 Å². The largest absolute Gasteiger partial charge is 0.298 e. The molecule has 0 aliphatic carbocycles. The van der Waals surface area contributed by atoms with Crippen LogP contribution < -0.4 is 10.6 Å². The van der Waals surface area contributed by atoms with E-state index in [-0.39, 0.29) is 11.6 Å². The quantitative estimate of drug-likeness (QED) is 0.317. The molecule has 3 aromatic heterocycles. The van der Waals surface area contributed by atoms with Crippen molar-refractivity contribution in [3.05, 3.63) is 101 Å². The monoisotopic (exact) mass is 483 g/mol. The van der Waals surface area contributed by atoms with Crippen LogP contribution in [0.15, 0.2) is 89.8 Å². The Morgan fingerprint density at radius 1 is 0.647 bits per heavy atom. The first-order valence-electron chi connectivity index (χ1n) is 10.3. The summed E-state index contributed by atoms with van der Waals surface area (Å²) >= 11 is 2.68. The lowest BCUT2D eigenvalue weighted by molar-refractivity contribution is 0.101. The van der Waals surface area contributed by atoms with E-state index in [1.54, 1.807) is 6.07 Å². The van der Waals surface area contributed by atoms with E-state index in [1.165, 1.54) is 34.9 Å². The standard InChI is InChI=1S/C25H17N5O2S2/c31-22(29-24-27-20(14-33-24)16-7-3-1-4-8-16)18-11-12-19(26-13-18)23(32)30-25-28-21(15-34-25)17-9-5-2-6-10-17/h1-15H,(H,27,29,31)(H,28,30,32). The number of amides is 2. The predicted molar refractivity (Wildman–Crippen MR) is 135 cm³/mol. The Bertz CT molecular complexity index is 1320. The van der Waals surface area contributed by atoms with Crippen LogP contribution in [0.1, 0.15) is 20.8 Å². The minimum atomic E-state index is -0.395. The van der Waals surface area contributed by atoms with Crippen molar-refractivity contribution < 1.29 is 9.59 Å². The van der Waals surface area contributed by atoms with Gasteiger partial charge in [0.15, 0.2) is 10.3 Å². The molecule has 2 N–H and O–H groups in total. The van der Waals surface area contributed by atoms with E-state index in [0.717, 1.165) is 22.5 Å². The molecule has 7 nitrogen and oxygen atoms in total. The summed E-state index contributed by atoms with van der Waals surface area (Å²) < 4.78 is 0. The van der Waals surface area contributed by atoms with Gasteiger partial charge in [-0.25, -0.2) is 9.97 Å². The van der Waals surface area contributed by atoms with Gasteiger partial charge < -0.3 is 0 Å². The fourth-order valence-corrected chi connectivity index (χ4v) is 4.57. The summed E-state index contributed by atoms with van der Waals surface area (Å²) in [5.41, 5.74) is 4.06. The minimum absolute atomic E-state index is 0.189. The fraction of sp³-hybridized carbons (Fsp3) is 0. The number of pyridine rings is 1. The Morgan fingerprint density at radius 3 is 1.68 bits per heavy atom. The van der Waals surface area contributed by atoms with Gasteiger partial charge in [-0.2, -0.15) is 0 Å². The number of hydrogen-bond donors (Lipinski definition) is 2. The zero-order valence-electron chi connectivity index (χ0n) is 17.6. The molecule has 0 saturated carbocycles. The molecule has 5 rings (SSSR count).